The summed E-state index contributed by atoms with van der Waals surface area (Å²) in [7, 11) is -14.0. The summed E-state index contributed by atoms with van der Waals surface area (Å²) in [5.41, 5.74) is 5.07. The molecular formula is C37H34N2O9S3-2. The molecule has 4 aromatic rings. The largest absolute Gasteiger partial charge is 0.744 e. The van der Waals surface area contributed by atoms with Crippen LogP contribution in [0.2, 0.25) is 0 Å². The third-order valence-corrected chi connectivity index (χ3v) is 11.0. The van der Waals surface area contributed by atoms with E-state index in [1.807, 2.05) is 71.9 Å². The number of benzene rings is 4. The third-order valence-electron chi connectivity index (χ3n) is 8.38. The quantitative estimate of drug-likeness (QED) is 0.141. The number of hydrogen-bond donors (Lipinski definition) is 0. The Balaban J connectivity index is 1.53. The molecule has 0 bridgehead atoms. The molecule has 0 aromatic heterocycles. The highest BCUT2D eigenvalue weighted by atomic mass is 32.2. The molecule has 5 rings (SSSR count). The highest BCUT2D eigenvalue weighted by molar-refractivity contribution is 7.86. The van der Waals surface area contributed by atoms with Gasteiger partial charge in [0.2, 0.25) is 0 Å². The predicted molar refractivity (Wildman–Crippen MR) is 190 cm³/mol. The lowest BCUT2D eigenvalue weighted by Gasteiger charge is -2.24. The molecule has 0 N–H and O–H groups in total. The van der Waals surface area contributed by atoms with Crippen molar-refractivity contribution < 1.29 is 43.5 Å². The number of allylic oxidation sites excluding steroid dienone is 5. The summed E-state index contributed by atoms with van der Waals surface area (Å²) < 4.78 is 108. The topological polar surface area (TPSA) is 178 Å². The van der Waals surface area contributed by atoms with Gasteiger partial charge in [-0.2, -0.15) is 0 Å². The number of hydrogen-bond acceptors (Lipinski definition) is 10. The van der Waals surface area contributed by atoms with Gasteiger partial charge in [-0.15, -0.1) is 0 Å². The molecule has 1 aliphatic rings. The summed E-state index contributed by atoms with van der Waals surface area (Å²) in [6, 6.07) is 25.0. The van der Waals surface area contributed by atoms with Gasteiger partial charge in [0.1, 0.15) is 36.9 Å². The van der Waals surface area contributed by atoms with Crippen LogP contribution in [-0.4, -0.2) is 62.3 Å². The number of rotatable bonds is 12. The summed E-state index contributed by atoms with van der Waals surface area (Å²) in [4.78, 5) is 1.06. The van der Waals surface area contributed by atoms with Crippen LogP contribution < -0.4 is 4.90 Å². The van der Waals surface area contributed by atoms with Gasteiger partial charge >= 0.3 is 0 Å². The standard InChI is InChI=1S/C37H36N2O9S3/c1-3-38(25-27-12-22-33(23-13-27)49(40,41)42)31-18-14-29(15-19-31)37(35-10-5-6-11-36(35)51(46,47)48)30-16-20-32(21-17-30)39(4-2)26-28-8-7-9-34(24-28)50(43,44)45/h5-24H,3-4,25-26H2,1-2H3,(H2-,40,41,42,43,44,45,46,47,48)/p-2. The van der Waals surface area contributed by atoms with Gasteiger partial charge in [-0.1, -0.05) is 54.6 Å². The average Bonchev–Trinajstić information content (AvgIpc) is 3.10. The first-order chi connectivity index (χ1) is 24.1. The lowest BCUT2D eigenvalue weighted by molar-refractivity contribution is -0.539. The van der Waals surface area contributed by atoms with Crippen LogP contribution in [0.25, 0.3) is 5.57 Å². The van der Waals surface area contributed by atoms with Crippen molar-refractivity contribution in [2.75, 3.05) is 18.0 Å². The second-order valence-electron chi connectivity index (χ2n) is 11.6. The van der Waals surface area contributed by atoms with Crippen LogP contribution >= 0.6 is 0 Å². The van der Waals surface area contributed by atoms with Gasteiger partial charge in [-0.25, -0.2) is 29.8 Å². The first-order valence-corrected chi connectivity index (χ1v) is 20.0. The van der Waals surface area contributed by atoms with Gasteiger partial charge in [0, 0.05) is 42.1 Å². The van der Waals surface area contributed by atoms with E-state index in [9.17, 15) is 38.9 Å². The Morgan fingerprint density at radius 1 is 0.647 bits per heavy atom. The zero-order valence-corrected chi connectivity index (χ0v) is 30.1. The first-order valence-electron chi connectivity index (χ1n) is 15.8. The van der Waals surface area contributed by atoms with E-state index >= 15 is 0 Å². The Kier molecular flexibility index (Phi) is 11.2. The molecular weight excluding hydrogens is 713 g/mol. The molecule has 0 saturated heterocycles. The van der Waals surface area contributed by atoms with Crippen LogP contribution in [0.3, 0.4) is 0 Å². The monoisotopic (exact) mass is 746 g/mol. The zero-order valence-electron chi connectivity index (χ0n) is 27.7. The van der Waals surface area contributed by atoms with E-state index in [-0.39, 0.29) is 20.2 Å². The minimum Gasteiger partial charge on any atom is -0.744 e. The highest BCUT2D eigenvalue weighted by Gasteiger charge is 2.20. The summed E-state index contributed by atoms with van der Waals surface area (Å²) in [5.74, 6) is 0. The molecule has 0 radical (unpaired) electrons. The minimum absolute atomic E-state index is 0.233. The van der Waals surface area contributed by atoms with Crippen molar-refractivity contribution in [3.63, 3.8) is 0 Å². The fourth-order valence-corrected chi connectivity index (χ4v) is 7.51. The van der Waals surface area contributed by atoms with Gasteiger partial charge in [0.25, 0.3) is 0 Å². The van der Waals surface area contributed by atoms with E-state index in [0.717, 1.165) is 17.0 Å². The minimum atomic E-state index is -4.85. The third kappa shape index (κ3) is 9.16. The Hall–Kier alpha value is -4.70. The molecule has 0 fully saturated rings. The van der Waals surface area contributed by atoms with Crippen molar-refractivity contribution in [3.8, 4) is 0 Å². The molecule has 266 valence electrons. The van der Waals surface area contributed by atoms with Gasteiger partial charge in [0.15, 0.2) is 12.3 Å². The van der Waals surface area contributed by atoms with Crippen molar-refractivity contribution >= 4 is 47.3 Å². The van der Waals surface area contributed by atoms with E-state index in [0.29, 0.717) is 48.5 Å². The van der Waals surface area contributed by atoms with Crippen LogP contribution in [0.1, 0.15) is 36.1 Å². The maximum atomic E-state index is 12.4. The Bertz CT molecular complexity index is 2380. The molecule has 0 spiro atoms. The summed E-state index contributed by atoms with van der Waals surface area (Å²) in [6.07, 6.45) is 7.33. The second-order valence-corrected chi connectivity index (χ2v) is 15.8. The zero-order chi connectivity index (χ0) is 37.0. The van der Waals surface area contributed by atoms with Gasteiger partial charge in [-0.3, -0.25) is 0 Å². The molecule has 11 nitrogen and oxygen atoms in total. The molecule has 0 aliphatic heterocycles. The van der Waals surface area contributed by atoms with Crippen molar-refractivity contribution in [1.82, 2.24) is 0 Å². The van der Waals surface area contributed by atoms with Crippen LogP contribution in [0.4, 0.5) is 5.69 Å². The SMILES string of the molecule is CCN(Cc1ccc(S(=O)(=O)[O-])cc1)c1ccc(C(=C2C=CC(=[N+](CC)Cc3cccc(S(=O)(=O)[O-])c3)C=C2)c2ccccc2S(=O)(=O)[O-])cc1. The maximum Gasteiger partial charge on any atom is 0.200 e. The Labute approximate surface area is 298 Å². The lowest BCUT2D eigenvalue weighted by Crippen LogP contribution is -2.22. The van der Waals surface area contributed by atoms with Crippen molar-refractivity contribution in [3.05, 3.63) is 149 Å². The fraction of sp³-hybridized carbons (Fsp3) is 0.162. The molecule has 1 aliphatic carbocycles. The summed E-state index contributed by atoms with van der Waals surface area (Å²) in [5, 5.41) is 0. The molecule has 0 unspecified atom stereocenters. The first kappa shape index (κ1) is 37.6. The molecule has 0 heterocycles. The second kappa shape index (κ2) is 15.3. The van der Waals surface area contributed by atoms with E-state index in [1.54, 1.807) is 30.3 Å². The number of nitrogens with zero attached hydrogens (tertiary/aromatic N) is 2. The maximum absolute atomic E-state index is 12.4. The van der Waals surface area contributed by atoms with E-state index < -0.39 is 30.4 Å². The molecule has 0 atom stereocenters. The van der Waals surface area contributed by atoms with Crippen molar-refractivity contribution in [1.29, 1.82) is 0 Å². The lowest BCUT2D eigenvalue weighted by atomic mass is 9.90. The average molecular weight is 747 g/mol. The van der Waals surface area contributed by atoms with Crippen LogP contribution in [0, 0.1) is 0 Å². The van der Waals surface area contributed by atoms with Gasteiger partial charge < -0.3 is 18.6 Å². The molecule has 0 saturated carbocycles. The Morgan fingerprint density at radius 2 is 1.27 bits per heavy atom. The molecule has 0 amide bonds. The summed E-state index contributed by atoms with van der Waals surface area (Å²) in [6.45, 7) is 5.79. The molecule has 51 heavy (non-hydrogen) atoms. The number of anilines is 1. The van der Waals surface area contributed by atoms with E-state index in [1.165, 1.54) is 42.5 Å². The smallest absolute Gasteiger partial charge is 0.200 e. The highest BCUT2D eigenvalue weighted by Crippen LogP contribution is 2.35. The van der Waals surface area contributed by atoms with Crippen LogP contribution in [0.5, 0.6) is 0 Å². The molecule has 4 aromatic carbocycles. The Morgan fingerprint density at radius 3 is 1.84 bits per heavy atom. The van der Waals surface area contributed by atoms with Crippen molar-refractivity contribution in [2.24, 2.45) is 0 Å². The van der Waals surface area contributed by atoms with Crippen LogP contribution in [0.15, 0.2) is 142 Å². The van der Waals surface area contributed by atoms with Gasteiger partial charge in [-0.05, 0) is 90.7 Å². The van der Waals surface area contributed by atoms with E-state index in [2.05, 4.69) is 0 Å². The van der Waals surface area contributed by atoms with Crippen LogP contribution in [-0.2, 0) is 43.4 Å². The normalized spacial score (nSPS) is 13.4. The predicted octanol–water partition coefficient (Wildman–Crippen LogP) is 5.03. The van der Waals surface area contributed by atoms with E-state index in [4.69, 9.17) is 0 Å². The fourth-order valence-electron chi connectivity index (χ4n) is 5.82. The summed E-state index contributed by atoms with van der Waals surface area (Å²) >= 11 is 0. The molecule has 14 heteroatoms. The van der Waals surface area contributed by atoms with Gasteiger partial charge in [0.05, 0.1) is 14.7 Å². The van der Waals surface area contributed by atoms with Crippen molar-refractivity contribution in [2.45, 2.75) is 41.6 Å².